The van der Waals surface area contributed by atoms with Gasteiger partial charge in [0.05, 0.1) is 0 Å². The van der Waals surface area contributed by atoms with Gasteiger partial charge in [-0.05, 0) is 25.7 Å². The molecule has 0 aromatic rings. The van der Waals surface area contributed by atoms with Gasteiger partial charge in [0.15, 0.2) is 0 Å². The summed E-state index contributed by atoms with van der Waals surface area (Å²) in [7, 11) is 0. The molecular weight excluding hydrogens is 242 g/mol. The first-order valence-electron chi connectivity index (χ1n) is 7.37. The first-order chi connectivity index (χ1) is 9.10. The first kappa shape index (κ1) is 16.0. The summed E-state index contributed by atoms with van der Waals surface area (Å²) >= 11 is 0. The third kappa shape index (κ3) is 4.82. The van der Waals surface area contributed by atoms with E-state index in [4.69, 9.17) is 5.73 Å². The molecule has 0 aromatic carbocycles. The van der Waals surface area contributed by atoms with E-state index < -0.39 is 0 Å². The van der Waals surface area contributed by atoms with Crippen molar-refractivity contribution in [3.63, 3.8) is 0 Å². The lowest BCUT2D eigenvalue weighted by Gasteiger charge is -2.37. The SMILES string of the molecule is CCC(C)C(=O)N1CCCCC1CNC(=O)CCN. The van der Waals surface area contributed by atoms with Crippen molar-refractivity contribution in [3.8, 4) is 0 Å². The number of hydrogen-bond donors (Lipinski definition) is 2. The molecule has 0 bridgehead atoms. The zero-order valence-electron chi connectivity index (χ0n) is 12.2. The lowest BCUT2D eigenvalue weighted by atomic mass is 9.98. The minimum absolute atomic E-state index is 0.0241. The normalized spacial score (nSPS) is 21.0. The van der Waals surface area contributed by atoms with Crippen LogP contribution in [0.5, 0.6) is 0 Å². The number of nitrogens with two attached hydrogens (primary N) is 1. The minimum atomic E-state index is -0.0241. The molecule has 0 aromatic heterocycles. The molecule has 5 heteroatoms. The molecule has 19 heavy (non-hydrogen) atoms. The van der Waals surface area contributed by atoms with Gasteiger partial charge >= 0.3 is 0 Å². The van der Waals surface area contributed by atoms with Crippen molar-refractivity contribution in [1.82, 2.24) is 10.2 Å². The van der Waals surface area contributed by atoms with Gasteiger partial charge < -0.3 is 16.0 Å². The second-order valence-corrected chi connectivity index (χ2v) is 5.33. The Labute approximate surface area is 115 Å². The fourth-order valence-electron chi connectivity index (χ4n) is 2.41. The number of carbonyl (C=O) groups excluding carboxylic acids is 2. The zero-order chi connectivity index (χ0) is 14.3. The molecule has 1 aliphatic heterocycles. The van der Waals surface area contributed by atoms with Crippen LogP contribution >= 0.6 is 0 Å². The lowest BCUT2D eigenvalue weighted by Crippen LogP contribution is -2.51. The van der Waals surface area contributed by atoms with Crippen LogP contribution in [0.2, 0.25) is 0 Å². The number of piperidine rings is 1. The molecule has 110 valence electrons. The van der Waals surface area contributed by atoms with Crippen LogP contribution in [0.25, 0.3) is 0 Å². The summed E-state index contributed by atoms with van der Waals surface area (Å²) in [6.07, 6.45) is 4.38. The Kier molecular flexibility index (Phi) is 6.84. The van der Waals surface area contributed by atoms with E-state index in [-0.39, 0.29) is 23.8 Å². The second-order valence-electron chi connectivity index (χ2n) is 5.33. The summed E-state index contributed by atoms with van der Waals surface area (Å²) in [5.74, 6) is 0.268. The van der Waals surface area contributed by atoms with Crippen LogP contribution in [0.1, 0.15) is 46.0 Å². The van der Waals surface area contributed by atoms with E-state index in [1.54, 1.807) is 0 Å². The molecule has 3 N–H and O–H groups in total. The summed E-state index contributed by atoms with van der Waals surface area (Å²) in [6, 6.07) is 0.150. The van der Waals surface area contributed by atoms with E-state index >= 15 is 0 Å². The van der Waals surface area contributed by atoms with E-state index in [0.717, 1.165) is 32.2 Å². The Morgan fingerprint density at radius 3 is 2.79 bits per heavy atom. The van der Waals surface area contributed by atoms with Gasteiger partial charge in [0, 0.05) is 38.0 Å². The predicted octanol–water partition coefficient (Wildman–Crippen LogP) is 0.879. The van der Waals surface area contributed by atoms with E-state index in [1.807, 2.05) is 18.7 Å². The molecule has 2 amide bonds. The van der Waals surface area contributed by atoms with Gasteiger partial charge in [0.1, 0.15) is 0 Å². The van der Waals surface area contributed by atoms with Gasteiger partial charge in [-0.3, -0.25) is 9.59 Å². The molecule has 1 aliphatic rings. The minimum Gasteiger partial charge on any atom is -0.354 e. The number of rotatable bonds is 6. The van der Waals surface area contributed by atoms with Crippen molar-refractivity contribution in [2.75, 3.05) is 19.6 Å². The summed E-state index contributed by atoms with van der Waals surface area (Å²) < 4.78 is 0. The van der Waals surface area contributed by atoms with Crippen LogP contribution in [0.15, 0.2) is 0 Å². The van der Waals surface area contributed by atoms with Gasteiger partial charge in [-0.1, -0.05) is 13.8 Å². The van der Waals surface area contributed by atoms with Crippen molar-refractivity contribution < 1.29 is 9.59 Å². The fraction of sp³-hybridized carbons (Fsp3) is 0.857. The Bertz CT molecular complexity index is 307. The molecule has 2 atom stereocenters. The Morgan fingerprint density at radius 2 is 2.16 bits per heavy atom. The standard InChI is InChI=1S/C14H27N3O2/c1-3-11(2)14(19)17-9-5-4-6-12(17)10-16-13(18)7-8-15/h11-12H,3-10,15H2,1-2H3,(H,16,18). The number of amides is 2. The van der Waals surface area contributed by atoms with Crippen molar-refractivity contribution in [2.24, 2.45) is 11.7 Å². The second kappa shape index (κ2) is 8.15. The highest BCUT2D eigenvalue weighted by Crippen LogP contribution is 2.20. The molecule has 2 unspecified atom stereocenters. The average molecular weight is 269 g/mol. The van der Waals surface area contributed by atoms with E-state index in [0.29, 0.717) is 19.5 Å². The van der Waals surface area contributed by atoms with Crippen molar-refractivity contribution >= 4 is 11.8 Å². The predicted molar refractivity (Wildman–Crippen MR) is 75.5 cm³/mol. The van der Waals surface area contributed by atoms with E-state index in [9.17, 15) is 9.59 Å². The summed E-state index contributed by atoms with van der Waals surface area (Å²) in [5, 5.41) is 2.88. The van der Waals surface area contributed by atoms with Crippen molar-refractivity contribution in [1.29, 1.82) is 0 Å². The molecule has 1 fully saturated rings. The third-order valence-corrected chi connectivity index (χ3v) is 3.85. The molecule has 5 nitrogen and oxygen atoms in total. The molecule has 0 spiro atoms. The van der Waals surface area contributed by atoms with Crippen LogP contribution < -0.4 is 11.1 Å². The summed E-state index contributed by atoms with van der Waals surface area (Å²) in [5.41, 5.74) is 5.35. The number of likely N-dealkylation sites (tertiary alicyclic amines) is 1. The van der Waals surface area contributed by atoms with E-state index in [1.165, 1.54) is 0 Å². The zero-order valence-corrected chi connectivity index (χ0v) is 12.2. The number of nitrogens with zero attached hydrogens (tertiary/aromatic N) is 1. The number of carbonyl (C=O) groups is 2. The Morgan fingerprint density at radius 1 is 1.42 bits per heavy atom. The molecule has 1 heterocycles. The quantitative estimate of drug-likeness (QED) is 0.751. The lowest BCUT2D eigenvalue weighted by molar-refractivity contribution is -0.139. The van der Waals surface area contributed by atoms with Gasteiger partial charge in [-0.15, -0.1) is 0 Å². The van der Waals surface area contributed by atoms with Gasteiger partial charge in [-0.2, -0.15) is 0 Å². The summed E-state index contributed by atoms with van der Waals surface area (Å²) in [6.45, 7) is 5.75. The first-order valence-corrected chi connectivity index (χ1v) is 7.37. The number of hydrogen-bond acceptors (Lipinski definition) is 3. The Hall–Kier alpha value is -1.10. The molecule has 1 saturated heterocycles. The molecule has 0 aliphatic carbocycles. The van der Waals surface area contributed by atoms with Crippen LogP contribution in [-0.2, 0) is 9.59 Å². The topological polar surface area (TPSA) is 75.4 Å². The highest BCUT2D eigenvalue weighted by molar-refractivity contribution is 5.79. The maximum absolute atomic E-state index is 12.3. The van der Waals surface area contributed by atoms with Gasteiger partial charge in [-0.25, -0.2) is 0 Å². The third-order valence-electron chi connectivity index (χ3n) is 3.85. The van der Waals surface area contributed by atoms with Crippen LogP contribution in [-0.4, -0.2) is 42.4 Å². The molecule has 0 saturated carbocycles. The molecular formula is C14H27N3O2. The summed E-state index contributed by atoms with van der Waals surface area (Å²) in [4.78, 5) is 25.7. The maximum Gasteiger partial charge on any atom is 0.225 e. The van der Waals surface area contributed by atoms with Crippen LogP contribution in [0.3, 0.4) is 0 Å². The Balaban J connectivity index is 2.52. The van der Waals surface area contributed by atoms with E-state index in [2.05, 4.69) is 5.32 Å². The highest BCUT2D eigenvalue weighted by Gasteiger charge is 2.28. The molecule has 1 rings (SSSR count). The fourth-order valence-corrected chi connectivity index (χ4v) is 2.41. The maximum atomic E-state index is 12.3. The van der Waals surface area contributed by atoms with Crippen LogP contribution in [0, 0.1) is 5.92 Å². The average Bonchev–Trinajstić information content (AvgIpc) is 2.44. The van der Waals surface area contributed by atoms with Crippen molar-refractivity contribution in [2.45, 2.75) is 52.0 Å². The largest absolute Gasteiger partial charge is 0.354 e. The van der Waals surface area contributed by atoms with Gasteiger partial charge in [0.25, 0.3) is 0 Å². The smallest absolute Gasteiger partial charge is 0.225 e. The monoisotopic (exact) mass is 269 g/mol. The number of nitrogens with one attached hydrogen (secondary N) is 1. The van der Waals surface area contributed by atoms with Gasteiger partial charge in [0.2, 0.25) is 11.8 Å². The van der Waals surface area contributed by atoms with Crippen molar-refractivity contribution in [3.05, 3.63) is 0 Å². The van der Waals surface area contributed by atoms with Crippen LogP contribution in [0.4, 0.5) is 0 Å². The highest BCUT2D eigenvalue weighted by atomic mass is 16.2. The molecule has 0 radical (unpaired) electrons.